The van der Waals surface area contributed by atoms with Crippen molar-refractivity contribution in [2.75, 3.05) is 26.2 Å². The van der Waals surface area contributed by atoms with Crippen molar-refractivity contribution >= 4 is 20.0 Å². The Morgan fingerprint density at radius 1 is 0.679 bits per heavy atom. The van der Waals surface area contributed by atoms with Gasteiger partial charge in [-0.3, -0.25) is 0 Å². The van der Waals surface area contributed by atoms with Gasteiger partial charge in [-0.15, -0.1) is 0 Å². The Kier molecular flexibility index (Phi) is 6.25. The fraction of sp³-hybridized carbons (Fsp3) is 0.700. The summed E-state index contributed by atoms with van der Waals surface area (Å²) in [6.07, 6.45) is 3.34. The summed E-state index contributed by atoms with van der Waals surface area (Å²) in [6, 6.07) is 3.09. The Labute approximate surface area is 170 Å². The van der Waals surface area contributed by atoms with Crippen LogP contribution in [0.3, 0.4) is 0 Å². The number of rotatable bonds is 4. The Balaban J connectivity index is 1.99. The van der Waals surface area contributed by atoms with Crippen molar-refractivity contribution in [1.82, 2.24) is 8.61 Å². The van der Waals surface area contributed by atoms with Crippen LogP contribution in [-0.4, -0.2) is 51.6 Å². The minimum absolute atomic E-state index is 0.122. The Hall–Kier alpha value is -0.960. The molecule has 3 rings (SSSR count). The summed E-state index contributed by atoms with van der Waals surface area (Å²) in [5.74, 6) is 1.03. The van der Waals surface area contributed by atoms with Crippen LogP contribution in [0, 0.1) is 25.7 Å². The first-order chi connectivity index (χ1) is 13.0. The molecule has 0 saturated carbocycles. The maximum Gasteiger partial charge on any atom is 0.243 e. The summed E-state index contributed by atoms with van der Waals surface area (Å²) in [4.78, 5) is 0.244. The second kappa shape index (κ2) is 8.05. The van der Waals surface area contributed by atoms with Gasteiger partial charge in [0.15, 0.2) is 0 Å². The highest BCUT2D eigenvalue weighted by atomic mass is 32.2. The van der Waals surface area contributed by atoms with Crippen molar-refractivity contribution < 1.29 is 16.8 Å². The summed E-state index contributed by atoms with van der Waals surface area (Å²) >= 11 is 0. The van der Waals surface area contributed by atoms with Crippen LogP contribution >= 0.6 is 0 Å². The average Bonchev–Trinajstić information content (AvgIpc) is 2.62. The minimum Gasteiger partial charge on any atom is -0.207 e. The smallest absolute Gasteiger partial charge is 0.207 e. The normalized spacial score (nSPS) is 21.9. The van der Waals surface area contributed by atoms with Gasteiger partial charge in [0.05, 0.1) is 9.79 Å². The molecule has 2 aliphatic rings. The fourth-order valence-electron chi connectivity index (χ4n) is 4.10. The number of sulfonamides is 2. The van der Waals surface area contributed by atoms with Gasteiger partial charge >= 0.3 is 0 Å². The van der Waals surface area contributed by atoms with E-state index in [9.17, 15) is 16.8 Å². The molecule has 0 bridgehead atoms. The van der Waals surface area contributed by atoms with E-state index in [0.717, 1.165) is 25.7 Å². The van der Waals surface area contributed by atoms with Crippen molar-refractivity contribution in [2.45, 2.75) is 63.2 Å². The van der Waals surface area contributed by atoms with Crippen LogP contribution in [0.25, 0.3) is 0 Å². The maximum atomic E-state index is 13.2. The van der Waals surface area contributed by atoms with Gasteiger partial charge in [0, 0.05) is 26.2 Å². The molecule has 0 N–H and O–H groups in total. The van der Waals surface area contributed by atoms with Crippen molar-refractivity contribution in [1.29, 1.82) is 0 Å². The van der Waals surface area contributed by atoms with E-state index >= 15 is 0 Å². The standard InChI is InChI=1S/C20H32N2O4S2/c1-15-5-9-21(10-6-15)27(23,24)19-14-20(18(4)13-17(19)3)28(25,26)22-11-7-16(2)8-12-22/h13-16H,5-12H2,1-4H3. The first kappa shape index (κ1) is 21.7. The van der Waals surface area contributed by atoms with Crippen molar-refractivity contribution in [3.63, 3.8) is 0 Å². The van der Waals surface area contributed by atoms with E-state index in [2.05, 4.69) is 13.8 Å². The molecule has 0 amide bonds. The molecule has 8 heteroatoms. The third-order valence-corrected chi connectivity index (χ3v) is 10.3. The predicted molar refractivity (Wildman–Crippen MR) is 110 cm³/mol. The summed E-state index contributed by atoms with van der Waals surface area (Å²) < 4.78 is 56.0. The molecule has 6 nitrogen and oxygen atoms in total. The number of nitrogens with zero attached hydrogens (tertiary/aromatic N) is 2. The topological polar surface area (TPSA) is 74.8 Å². The monoisotopic (exact) mass is 428 g/mol. The molecular weight excluding hydrogens is 396 g/mol. The van der Waals surface area contributed by atoms with Crippen molar-refractivity contribution in [3.05, 3.63) is 23.3 Å². The second-order valence-corrected chi connectivity index (χ2v) is 12.4. The number of hydrogen-bond donors (Lipinski definition) is 0. The summed E-state index contributed by atoms with van der Waals surface area (Å²) in [7, 11) is -7.41. The van der Waals surface area contributed by atoms with Gasteiger partial charge in [0.2, 0.25) is 20.0 Å². The van der Waals surface area contributed by atoms with Gasteiger partial charge in [-0.05, 0) is 68.6 Å². The van der Waals surface area contributed by atoms with E-state index in [4.69, 9.17) is 0 Å². The zero-order valence-electron chi connectivity index (χ0n) is 17.3. The fourth-order valence-corrected chi connectivity index (χ4v) is 7.58. The van der Waals surface area contributed by atoms with E-state index < -0.39 is 20.0 Å². The van der Waals surface area contributed by atoms with E-state index in [-0.39, 0.29) is 9.79 Å². The molecule has 2 aliphatic heterocycles. The average molecular weight is 429 g/mol. The SMILES string of the molecule is Cc1cc(C)c(S(=O)(=O)N2CCC(C)CC2)cc1S(=O)(=O)N1CCC(C)CC1. The van der Waals surface area contributed by atoms with Crippen LogP contribution in [0.4, 0.5) is 0 Å². The Bertz CT molecular complexity index is 852. The number of hydrogen-bond acceptors (Lipinski definition) is 4. The van der Waals surface area contributed by atoms with Crippen molar-refractivity contribution in [2.24, 2.45) is 11.8 Å². The van der Waals surface area contributed by atoms with Crippen molar-refractivity contribution in [3.8, 4) is 0 Å². The van der Waals surface area contributed by atoms with Gasteiger partial charge in [-0.2, -0.15) is 8.61 Å². The van der Waals surface area contributed by atoms with Gasteiger partial charge in [0.1, 0.15) is 0 Å². The summed E-state index contributed by atoms with van der Waals surface area (Å²) in [5.41, 5.74) is 1.20. The molecule has 28 heavy (non-hydrogen) atoms. The van der Waals surface area contributed by atoms with Gasteiger partial charge in [-0.1, -0.05) is 19.9 Å². The minimum atomic E-state index is -3.70. The first-order valence-electron chi connectivity index (χ1n) is 10.1. The number of aryl methyl sites for hydroxylation is 2. The zero-order chi connectivity index (χ0) is 20.7. The molecule has 2 heterocycles. The molecule has 1 aromatic rings. The third kappa shape index (κ3) is 4.15. The molecule has 0 radical (unpaired) electrons. The van der Waals surface area contributed by atoms with Gasteiger partial charge in [0.25, 0.3) is 0 Å². The molecule has 2 fully saturated rings. The largest absolute Gasteiger partial charge is 0.243 e. The third-order valence-electron chi connectivity index (χ3n) is 6.19. The molecule has 0 aliphatic carbocycles. The Morgan fingerprint density at radius 3 is 1.32 bits per heavy atom. The molecule has 0 spiro atoms. The lowest BCUT2D eigenvalue weighted by Gasteiger charge is -2.31. The van der Waals surface area contributed by atoms with E-state index in [1.165, 1.54) is 14.7 Å². The van der Waals surface area contributed by atoms with Crippen LogP contribution in [0.1, 0.15) is 50.7 Å². The quantitative estimate of drug-likeness (QED) is 0.738. The molecule has 158 valence electrons. The lowest BCUT2D eigenvalue weighted by atomic mass is 10.0. The zero-order valence-corrected chi connectivity index (χ0v) is 18.9. The van der Waals surface area contributed by atoms with Gasteiger partial charge in [-0.25, -0.2) is 16.8 Å². The lowest BCUT2D eigenvalue weighted by Crippen LogP contribution is -2.39. The van der Waals surface area contributed by atoms with Crippen LogP contribution in [0.5, 0.6) is 0 Å². The van der Waals surface area contributed by atoms with E-state index in [1.807, 2.05) is 0 Å². The van der Waals surface area contributed by atoms with Crippen LogP contribution < -0.4 is 0 Å². The summed E-state index contributed by atoms with van der Waals surface area (Å²) in [6.45, 7) is 9.70. The molecular formula is C20H32N2O4S2. The lowest BCUT2D eigenvalue weighted by molar-refractivity contribution is 0.287. The van der Waals surface area contributed by atoms with Crippen LogP contribution in [0.15, 0.2) is 21.9 Å². The maximum absolute atomic E-state index is 13.2. The second-order valence-electron chi connectivity index (χ2n) is 8.56. The molecule has 0 aromatic heterocycles. The predicted octanol–water partition coefficient (Wildman–Crippen LogP) is 3.14. The number of benzene rings is 1. The highest BCUT2D eigenvalue weighted by Crippen LogP contribution is 2.31. The summed E-state index contributed by atoms with van der Waals surface area (Å²) in [5, 5.41) is 0. The Morgan fingerprint density at radius 2 is 1.00 bits per heavy atom. The van der Waals surface area contributed by atoms with Crippen LogP contribution in [-0.2, 0) is 20.0 Å². The first-order valence-corrected chi connectivity index (χ1v) is 13.0. The van der Waals surface area contributed by atoms with Gasteiger partial charge < -0.3 is 0 Å². The van der Waals surface area contributed by atoms with E-state index in [0.29, 0.717) is 49.1 Å². The molecule has 2 saturated heterocycles. The molecule has 1 aromatic carbocycles. The van der Waals surface area contributed by atoms with E-state index in [1.54, 1.807) is 19.9 Å². The highest BCUT2D eigenvalue weighted by Gasteiger charge is 2.34. The molecule has 0 atom stereocenters. The molecule has 0 unspecified atom stereocenters. The number of piperidine rings is 2. The van der Waals surface area contributed by atoms with Crippen LogP contribution in [0.2, 0.25) is 0 Å². The highest BCUT2D eigenvalue weighted by molar-refractivity contribution is 7.90.